The van der Waals surface area contributed by atoms with Gasteiger partial charge in [0.1, 0.15) is 5.54 Å². The Labute approximate surface area is 130 Å². The van der Waals surface area contributed by atoms with Crippen LogP contribution in [0.15, 0.2) is 6.07 Å². The zero-order valence-electron chi connectivity index (χ0n) is 12.7. The Morgan fingerprint density at radius 2 is 2.19 bits per heavy atom. The first-order valence-electron chi connectivity index (χ1n) is 7.40. The van der Waals surface area contributed by atoms with Gasteiger partial charge in [0.05, 0.1) is 6.07 Å². The fourth-order valence-corrected chi connectivity index (χ4v) is 3.66. The highest BCUT2D eigenvalue weighted by molar-refractivity contribution is 7.12. The molecule has 1 aliphatic heterocycles. The van der Waals surface area contributed by atoms with Crippen LogP contribution in [0.2, 0.25) is 0 Å². The van der Waals surface area contributed by atoms with Crippen LogP contribution in [-0.2, 0) is 16.0 Å². The Kier molecular flexibility index (Phi) is 5.38. The number of nitrogens with one attached hydrogen (secondary N) is 1. The second kappa shape index (κ2) is 7.06. The first-order valence-corrected chi connectivity index (χ1v) is 8.22. The highest BCUT2D eigenvalue weighted by atomic mass is 32.1. The molecule has 0 spiro atoms. The summed E-state index contributed by atoms with van der Waals surface area (Å²) in [4.78, 5) is 14.7. The van der Waals surface area contributed by atoms with Crippen molar-refractivity contribution >= 4 is 17.2 Å². The van der Waals surface area contributed by atoms with Gasteiger partial charge < -0.3 is 10.1 Å². The van der Waals surface area contributed by atoms with E-state index in [2.05, 4.69) is 31.3 Å². The van der Waals surface area contributed by atoms with Gasteiger partial charge in [0.25, 0.3) is 0 Å². The zero-order chi connectivity index (χ0) is 15.3. The molecule has 0 atom stereocenters. The van der Waals surface area contributed by atoms with Crippen molar-refractivity contribution in [2.24, 2.45) is 0 Å². The number of carbonyl (C=O) groups excluding carboxylic acids is 1. The summed E-state index contributed by atoms with van der Waals surface area (Å²) < 4.78 is 5.26. The normalized spacial score (nSPS) is 17.2. The van der Waals surface area contributed by atoms with E-state index in [1.165, 1.54) is 15.3 Å². The topological polar surface area (TPSA) is 62.1 Å². The van der Waals surface area contributed by atoms with Gasteiger partial charge >= 0.3 is 0 Å². The third kappa shape index (κ3) is 4.29. The van der Waals surface area contributed by atoms with E-state index in [0.29, 0.717) is 32.5 Å². The van der Waals surface area contributed by atoms with Crippen molar-refractivity contribution in [3.05, 3.63) is 21.4 Å². The lowest BCUT2D eigenvalue weighted by Crippen LogP contribution is -2.50. The molecule has 1 saturated heterocycles. The van der Waals surface area contributed by atoms with Crippen LogP contribution in [0.3, 0.4) is 0 Å². The quantitative estimate of drug-likeness (QED) is 0.910. The molecule has 1 aromatic rings. The summed E-state index contributed by atoms with van der Waals surface area (Å²) in [5, 5.41) is 12.2. The molecule has 0 saturated carbocycles. The third-order valence-electron chi connectivity index (χ3n) is 3.93. The number of nitrogens with zero attached hydrogens (tertiary/aromatic N) is 1. The smallest absolute Gasteiger partial charge is 0.221 e. The minimum Gasteiger partial charge on any atom is -0.381 e. The average molecular weight is 306 g/mol. The van der Waals surface area contributed by atoms with E-state index in [-0.39, 0.29) is 5.91 Å². The monoisotopic (exact) mass is 306 g/mol. The number of hydrogen-bond acceptors (Lipinski definition) is 4. The number of thiophene rings is 1. The van der Waals surface area contributed by atoms with Crippen LogP contribution in [0.1, 0.15) is 41.0 Å². The lowest BCUT2D eigenvalue weighted by Gasteiger charge is -2.31. The summed E-state index contributed by atoms with van der Waals surface area (Å²) in [6.07, 6.45) is 3.38. The molecule has 21 heavy (non-hydrogen) atoms. The first-order chi connectivity index (χ1) is 10.0. The molecule has 0 radical (unpaired) electrons. The molecule has 4 nitrogen and oxygen atoms in total. The first kappa shape index (κ1) is 16.0. The van der Waals surface area contributed by atoms with Crippen molar-refractivity contribution in [3.8, 4) is 6.07 Å². The standard InChI is InChI=1S/C16H22N2O2S/c1-12-10-14(13(2)21-12)4-3-5-15(19)18-16(11-17)6-8-20-9-7-16/h10H,3-9H2,1-2H3,(H,18,19). The summed E-state index contributed by atoms with van der Waals surface area (Å²) in [6.45, 7) is 5.32. The molecule has 1 N–H and O–H groups in total. The van der Waals surface area contributed by atoms with E-state index in [0.717, 1.165) is 12.8 Å². The van der Waals surface area contributed by atoms with Crippen molar-refractivity contribution in [1.29, 1.82) is 5.26 Å². The minimum absolute atomic E-state index is 0.0249. The molecule has 0 bridgehead atoms. The minimum atomic E-state index is -0.718. The van der Waals surface area contributed by atoms with Crippen molar-refractivity contribution in [1.82, 2.24) is 5.32 Å². The van der Waals surface area contributed by atoms with Gasteiger partial charge in [-0.05, 0) is 38.3 Å². The maximum atomic E-state index is 12.1. The van der Waals surface area contributed by atoms with Crippen LogP contribution < -0.4 is 5.32 Å². The second-order valence-electron chi connectivity index (χ2n) is 5.65. The second-order valence-corrected chi connectivity index (χ2v) is 7.11. The molecule has 1 amide bonds. The van der Waals surface area contributed by atoms with Crippen molar-refractivity contribution in [2.75, 3.05) is 13.2 Å². The maximum absolute atomic E-state index is 12.1. The number of carbonyl (C=O) groups is 1. The fraction of sp³-hybridized carbons (Fsp3) is 0.625. The third-order valence-corrected chi connectivity index (χ3v) is 4.94. The van der Waals surface area contributed by atoms with Gasteiger partial charge in [0.15, 0.2) is 0 Å². The Morgan fingerprint density at radius 3 is 2.76 bits per heavy atom. The van der Waals surface area contributed by atoms with Crippen molar-refractivity contribution < 1.29 is 9.53 Å². The fourth-order valence-electron chi connectivity index (χ4n) is 2.69. The average Bonchev–Trinajstić information content (AvgIpc) is 2.78. The van der Waals surface area contributed by atoms with Crippen LogP contribution in [0.5, 0.6) is 0 Å². The molecular weight excluding hydrogens is 284 g/mol. The van der Waals surface area contributed by atoms with Gasteiger partial charge in [-0.1, -0.05) is 0 Å². The lowest BCUT2D eigenvalue weighted by atomic mass is 9.91. The van der Waals surface area contributed by atoms with Crippen LogP contribution >= 0.6 is 11.3 Å². The molecular formula is C16H22N2O2S. The van der Waals surface area contributed by atoms with Gasteiger partial charge in [-0.2, -0.15) is 5.26 Å². The van der Waals surface area contributed by atoms with Gasteiger partial charge in [0.2, 0.25) is 5.91 Å². The predicted molar refractivity (Wildman–Crippen MR) is 83.3 cm³/mol. The molecule has 1 fully saturated rings. The van der Waals surface area contributed by atoms with Crippen molar-refractivity contribution in [3.63, 3.8) is 0 Å². The highest BCUT2D eigenvalue weighted by Gasteiger charge is 2.33. The largest absolute Gasteiger partial charge is 0.381 e. The summed E-state index contributed by atoms with van der Waals surface area (Å²) in [5.41, 5.74) is 0.621. The van der Waals surface area contributed by atoms with Gasteiger partial charge in [0, 0.05) is 42.2 Å². The predicted octanol–water partition coefficient (Wildman–Crippen LogP) is 2.88. The van der Waals surface area contributed by atoms with E-state index in [1.54, 1.807) is 11.3 Å². The molecule has 2 rings (SSSR count). The van der Waals surface area contributed by atoms with E-state index < -0.39 is 5.54 Å². The number of ether oxygens (including phenoxy) is 1. The molecule has 5 heteroatoms. The van der Waals surface area contributed by atoms with Crippen LogP contribution in [-0.4, -0.2) is 24.7 Å². The van der Waals surface area contributed by atoms with Crippen molar-refractivity contribution in [2.45, 2.75) is 51.5 Å². The zero-order valence-corrected chi connectivity index (χ0v) is 13.5. The molecule has 1 aromatic heterocycles. The van der Waals surface area contributed by atoms with E-state index >= 15 is 0 Å². The Morgan fingerprint density at radius 1 is 1.48 bits per heavy atom. The molecule has 2 heterocycles. The van der Waals surface area contributed by atoms with Crippen LogP contribution in [0.4, 0.5) is 0 Å². The Hall–Kier alpha value is -1.38. The molecule has 1 aliphatic rings. The van der Waals surface area contributed by atoms with Gasteiger partial charge in [-0.3, -0.25) is 4.79 Å². The molecule has 0 aliphatic carbocycles. The molecule has 114 valence electrons. The number of amides is 1. The lowest BCUT2D eigenvalue weighted by molar-refractivity contribution is -0.123. The molecule has 0 aromatic carbocycles. The van der Waals surface area contributed by atoms with E-state index in [9.17, 15) is 10.1 Å². The Bertz CT molecular complexity index is 539. The number of rotatable bonds is 5. The highest BCUT2D eigenvalue weighted by Crippen LogP contribution is 2.23. The number of aryl methyl sites for hydroxylation is 3. The van der Waals surface area contributed by atoms with Crippen LogP contribution in [0, 0.1) is 25.2 Å². The molecule has 0 unspecified atom stereocenters. The summed E-state index contributed by atoms with van der Waals surface area (Å²) >= 11 is 1.80. The van der Waals surface area contributed by atoms with Gasteiger partial charge in [-0.15, -0.1) is 11.3 Å². The number of nitriles is 1. The van der Waals surface area contributed by atoms with Gasteiger partial charge in [-0.25, -0.2) is 0 Å². The maximum Gasteiger partial charge on any atom is 0.221 e. The summed E-state index contributed by atoms with van der Waals surface area (Å²) in [7, 11) is 0. The summed E-state index contributed by atoms with van der Waals surface area (Å²) in [6, 6.07) is 4.46. The summed E-state index contributed by atoms with van der Waals surface area (Å²) in [5.74, 6) is -0.0249. The Balaban J connectivity index is 1.79. The van der Waals surface area contributed by atoms with E-state index in [4.69, 9.17) is 4.74 Å². The number of hydrogen-bond donors (Lipinski definition) is 1. The van der Waals surface area contributed by atoms with Crippen LogP contribution in [0.25, 0.3) is 0 Å². The van der Waals surface area contributed by atoms with E-state index in [1.807, 2.05) is 0 Å². The SMILES string of the molecule is Cc1cc(CCCC(=O)NC2(C#N)CCOCC2)c(C)s1.